The third-order valence-electron chi connectivity index (χ3n) is 3.07. The molecule has 23 heavy (non-hydrogen) atoms. The smallest absolute Gasteiger partial charge is 0.255 e. The zero-order chi connectivity index (χ0) is 16.7. The van der Waals surface area contributed by atoms with E-state index in [0.29, 0.717) is 35.3 Å². The van der Waals surface area contributed by atoms with Crippen LogP contribution in [0, 0.1) is 6.92 Å². The maximum atomic E-state index is 12.4. The van der Waals surface area contributed by atoms with Gasteiger partial charge < -0.3 is 15.8 Å². The van der Waals surface area contributed by atoms with Gasteiger partial charge >= 0.3 is 0 Å². The van der Waals surface area contributed by atoms with Crippen molar-refractivity contribution in [3.05, 3.63) is 52.6 Å². The molecule has 1 aromatic heterocycles. The molecule has 122 valence electrons. The maximum absolute atomic E-state index is 12.4. The average molecular weight is 335 g/mol. The molecule has 0 saturated heterocycles. The molecule has 0 atom stereocenters. The molecule has 0 spiro atoms. The molecule has 0 aliphatic rings. The number of nitrogens with two attached hydrogens (primary N) is 1. The molecule has 1 amide bonds. The van der Waals surface area contributed by atoms with Crippen LogP contribution in [0.5, 0.6) is 5.75 Å². The second-order valence-corrected chi connectivity index (χ2v) is 5.43. The lowest BCUT2D eigenvalue weighted by Crippen LogP contribution is -2.24. The van der Waals surface area contributed by atoms with Crippen LogP contribution in [0.25, 0.3) is 0 Å². The lowest BCUT2D eigenvalue weighted by atomic mass is 10.1. The zero-order valence-corrected chi connectivity index (χ0v) is 13.6. The molecule has 3 N–H and O–H groups in total. The van der Waals surface area contributed by atoms with Crippen molar-refractivity contribution in [2.75, 3.05) is 13.2 Å². The zero-order valence-electron chi connectivity index (χ0n) is 12.9. The van der Waals surface area contributed by atoms with Gasteiger partial charge in [-0.05, 0) is 37.6 Å². The molecule has 1 heterocycles. The van der Waals surface area contributed by atoms with E-state index in [1.807, 2.05) is 19.1 Å². The Bertz CT molecular complexity index is 662. The summed E-state index contributed by atoms with van der Waals surface area (Å²) >= 11 is 5.73. The number of amides is 1. The molecule has 1 aromatic carbocycles. The first-order valence-corrected chi connectivity index (χ1v) is 7.66. The first-order chi connectivity index (χ1) is 11.1. The van der Waals surface area contributed by atoms with E-state index in [4.69, 9.17) is 22.1 Å². The highest BCUT2D eigenvalue weighted by Gasteiger charge is 2.13. The van der Waals surface area contributed by atoms with Crippen LogP contribution in [0.4, 0.5) is 0 Å². The van der Waals surface area contributed by atoms with Crippen LogP contribution < -0.4 is 15.8 Å². The number of hydrogen-bond acceptors (Lipinski definition) is 5. The highest BCUT2D eigenvalue weighted by Crippen LogP contribution is 2.20. The van der Waals surface area contributed by atoms with Gasteiger partial charge in [0.2, 0.25) is 0 Å². The number of nitrogens with zero attached hydrogens (tertiary/aromatic N) is 2. The second-order valence-electron chi connectivity index (χ2n) is 4.99. The van der Waals surface area contributed by atoms with Crippen molar-refractivity contribution >= 4 is 17.5 Å². The van der Waals surface area contributed by atoms with Gasteiger partial charge in [-0.3, -0.25) is 4.79 Å². The van der Waals surface area contributed by atoms with Gasteiger partial charge in [-0.15, -0.1) is 0 Å². The fraction of sp³-hybridized carbons (Fsp3) is 0.312. The molecule has 2 aromatic rings. The van der Waals surface area contributed by atoms with Crippen LogP contribution in [0.2, 0.25) is 5.02 Å². The summed E-state index contributed by atoms with van der Waals surface area (Å²) in [5.41, 5.74) is 6.95. The van der Waals surface area contributed by atoms with E-state index >= 15 is 0 Å². The number of rotatable bonds is 7. The largest absolute Gasteiger partial charge is 0.493 e. The Hall–Kier alpha value is -2.18. The topological polar surface area (TPSA) is 90.1 Å². The van der Waals surface area contributed by atoms with Gasteiger partial charge in [0.1, 0.15) is 11.6 Å². The minimum Gasteiger partial charge on any atom is -0.493 e. The number of aryl methyl sites for hydroxylation is 1. The van der Waals surface area contributed by atoms with Crippen LogP contribution in [-0.2, 0) is 6.54 Å². The highest BCUT2D eigenvalue weighted by atomic mass is 35.5. The summed E-state index contributed by atoms with van der Waals surface area (Å²) < 4.78 is 5.66. The summed E-state index contributed by atoms with van der Waals surface area (Å²) in [6, 6.07) is 5.44. The summed E-state index contributed by atoms with van der Waals surface area (Å²) in [6.45, 7) is 3.17. The third kappa shape index (κ3) is 5.19. The first-order valence-electron chi connectivity index (χ1n) is 7.28. The predicted octanol–water partition coefficient (Wildman–Crippen LogP) is 2.10. The van der Waals surface area contributed by atoms with Gasteiger partial charge in [0, 0.05) is 12.4 Å². The number of aromatic nitrogens is 2. The molecule has 0 bridgehead atoms. The van der Waals surface area contributed by atoms with Crippen LogP contribution >= 0.6 is 11.6 Å². The van der Waals surface area contributed by atoms with Crippen molar-refractivity contribution in [1.29, 1.82) is 0 Å². The minimum absolute atomic E-state index is 0.214. The molecule has 2 rings (SSSR count). The molecule has 0 unspecified atom stereocenters. The molecular weight excluding hydrogens is 316 g/mol. The quantitative estimate of drug-likeness (QED) is 0.757. The van der Waals surface area contributed by atoms with Crippen molar-refractivity contribution in [2.45, 2.75) is 19.9 Å². The number of carbonyl (C=O) groups excluding carboxylic acids is 1. The molecule has 6 nitrogen and oxygen atoms in total. The molecule has 0 fully saturated rings. The van der Waals surface area contributed by atoms with Gasteiger partial charge in [0.25, 0.3) is 5.91 Å². The summed E-state index contributed by atoms with van der Waals surface area (Å²) in [7, 11) is 0. The summed E-state index contributed by atoms with van der Waals surface area (Å²) in [5, 5.41) is 3.23. The van der Waals surface area contributed by atoms with Gasteiger partial charge in [-0.1, -0.05) is 17.7 Å². The fourth-order valence-corrected chi connectivity index (χ4v) is 1.98. The standard InChI is InChI=1S/C16H19ClN4O2/c1-11-3-4-13(14(7-11)23-6-2-5-18)16(22)21-10-15-19-8-12(17)9-20-15/h3-4,7-9H,2,5-6,10,18H2,1H3,(H,21,22). The number of halogens is 1. The SMILES string of the molecule is Cc1ccc(C(=O)NCc2ncc(Cl)cn2)c(OCCCN)c1. The molecule has 7 heteroatoms. The minimum atomic E-state index is -0.244. The van der Waals surface area contributed by atoms with E-state index in [9.17, 15) is 4.79 Å². The Labute approximate surface area is 140 Å². The summed E-state index contributed by atoms with van der Waals surface area (Å²) in [4.78, 5) is 20.4. The molecule has 0 radical (unpaired) electrons. The second kappa shape index (κ2) is 8.45. The van der Waals surface area contributed by atoms with E-state index in [0.717, 1.165) is 12.0 Å². The van der Waals surface area contributed by atoms with Crippen LogP contribution in [-0.4, -0.2) is 29.0 Å². The highest BCUT2D eigenvalue weighted by molar-refractivity contribution is 6.30. The molecule has 0 aliphatic heterocycles. The Kier molecular flexibility index (Phi) is 6.31. The van der Waals surface area contributed by atoms with Crippen molar-refractivity contribution in [1.82, 2.24) is 15.3 Å². The van der Waals surface area contributed by atoms with E-state index in [-0.39, 0.29) is 12.5 Å². The number of nitrogens with one attached hydrogen (secondary N) is 1. The van der Waals surface area contributed by atoms with Crippen LogP contribution in [0.15, 0.2) is 30.6 Å². The van der Waals surface area contributed by atoms with Crippen LogP contribution in [0.3, 0.4) is 0 Å². The molecule has 0 saturated carbocycles. The lowest BCUT2D eigenvalue weighted by molar-refractivity contribution is 0.0945. The normalized spacial score (nSPS) is 10.4. The van der Waals surface area contributed by atoms with Gasteiger partial charge in [0.05, 0.1) is 23.7 Å². The Morgan fingerprint density at radius 1 is 1.35 bits per heavy atom. The van der Waals surface area contributed by atoms with E-state index < -0.39 is 0 Å². The van der Waals surface area contributed by atoms with Crippen molar-refractivity contribution in [2.24, 2.45) is 5.73 Å². The number of carbonyl (C=O) groups is 1. The maximum Gasteiger partial charge on any atom is 0.255 e. The number of ether oxygens (including phenoxy) is 1. The summed E-state index contributed by atoms with van der Waals surface area (Å²) in [6.07, 6.45) is 3.71. The monoisotopic (exact) mass is 334 g/mol. The van der Waals surface area contributed by atoms with Gasteiger partial charge in [-0.25, -0.2) is 9.97 Å². The van der Waals surface area contributed by atoms with Gasteiger partial charge in [-0.2, -0.15) is 0 Å². The van der Waals surface area contributed by atoms with Gasteiger partial charge in [0.15, 0.2) is 0 Å². The van der Waals surface area contributed by atoms with Crippen molar-refractivity contribution in [3.8, 4) is 5.75 Å². The average Bonchev–Trinajstić information content (AvgIpc) is 2.54. The molecule has 0 aliphatic carbocycles. The van der Waals surface area contributed by atoms with Crippen molar-refractivity contribution < 1.29 is 9.53 Å². The Balaban J connectivity index is 2.04. The first kappa shape index (κ1) is 17.2. The Morgan fingerprint density at radius 3 is 2.78 bits per heavy atom. The Morgan fingerprint density at radius 2 is 2.09 bits per heavy atom. The number of hydrogen-bond donors (Lipinski definition) is 2. The van der Waals surface area contributed by atoms with E-state index in [2.05, 4.69) is 15.3 Å². The fourth-order valence-electron chi connectivity index (χ4n) is 1.89. The molecular formula is C16H19ClN4O2. The summed E-state index contributed by atoms with van der Waals surface area (Å²) in [5.74, 6) is 0.791. The van der Waals surface area contributed by atoms with E-state index in [1.54, 1.807) is 6.07 Å². The predicted molar refractivity (Wildman–Crippen MR) is 88.6 cm³/mol. The third-order valence-corrected chi connectivity index (χ3v) is 3.26. The number of benzene rings is 1. The van der Waals surface area contributed by atoms with Crippen LogP contribution in [0.1, 0.15) is 28.2 Å². The van der Waals surface area contributed by atoms with E-state index in [1.165, 1.54) is 12.4 Å². The lowest BCUT2D eigenvalue weighted by Gasteiger charge is -2.12. The van der Waals surface area contributed by atoms with Crippen molar-refractivity contribution in [3.63, 3.8) is 0 Å².